The van der Waals surface area contributed by atoms with Crippen molar-refractivity contribution >= 4 is 35.8 Å². The van der Waals surface area contributed by atoms with E-state index in [1.54, 1.807) is 11.8 Å². The van der Waals surface area contributed by atoms with Crippen LogP contribution in [0.1, 0.15) is 18.4 Å². The molecule has 0 radical (unpaired) electrons. The highest BCUT2D eigenvalue weighted by atomic mass is 35.5. The minimum absolute atomic E-state index is 0. The van der Waals surface area contributed by atoms with Gasteiger partial charge in [0, 0.05) is 16.5 Å². The molecule has 1 aromatic rings. The second-order valence-electron chi connectivity index (χ2n) is 4.65. The number of hydrogen-bond acceptors (Lipinski definition) is 3. The fraction of sp³-hybridized carbons (Fsp3) is 0.500. The number of thioether (sulfide) groups is 1. The maximum absolute atomic E-state index is 12.2. The van der Waals surface area contributed by atoms with Crippen molar-refractivity contribution in [1.29, 1.82) is 0 Å². The van der Waals surface area contributed by atoms with Crippen LogP contribution in [0.15, 0.2) is 23.1 Å². The Morgan fingerprint density at radius 2 is 2.05 bits per heavy atom. The van der Waals surface area contributed by atoms with E-state index in [2.05, 4.69) is 29.9 Å². The summed E-state index contributed by atoms with van der Waals surface area (Å²) in [5.74, 6) is 0.321. The Hall–Kier alpha value is -0.710. The van der Waals surface area contributed by atoms with E-state index in [1.165, 1.54) is 4.90 Å². The van der Waals surface area contributed by atoms with Crippen LogP contribution in [0.2, 0.25) is 0 Å². The van der Waals surface area contributed by atoms with Gasteiger partial charge in [0.15, 0.2) is 0 Å². The van der Waals surface area contributed by atoms with E-state index < -0.39 is 0 Å². The molecule has 0 aromatic heterocycles. The molecule has 3 nitrogen and oxygen atoms in total. The summed E-state index contributed by atoms with van der Waals surface area (Å²) in [4.78, 5) is 13.4. The van der Waals surface area contributed by atoms with Crippen molar-refractivity contribution in [2.75, 3.05) is 24.7 Å². The highest BCUT2D eigenvalue weighted by Crippen LogP contribution is 2.26. The summed E-state index contributed by atoms with van der Waals surface area (Å²) >= 11 is 1.71. The van der Waals surface area contributed by atoms with Crippen LogP contribution in [0.25, 0.3) is 0 Å². The van der Waals surface area contributed by atoms with E-state index in [-0.39, 0.29) is 24.2 Å². The predicted molar refractivity (Wildman–Crippen MR) is 84.4 cm³/mol. The zero-order chi connectivity index (χ0) is 13.0. The Morgan fingerprint density at radius 3 is 2.68 bits per heavy atom. The SMILES string of the molecule is CSc1cccc(NC(=O)C2CCNCC2)c1C.Cl. The highest BCUT2D eigenvalue weighted by Gasteiger charge is 2.21. The molecule has 1 heterocycles. The third-order valence-corrected chi connectivity index (χ3v) is 4.35. The summed E-state index contributed by atoms with van der Waals surface area (Å²) in [5, 5.41) is 6.35. The summed E-state index contributed by atoms with van der Waals surface area (Å²) in [6.45, 7) is 3.95. The third-order valence-electron chi connectivity index (χ3n) is 3.47. The fourth-order valence-electron chi connectivity index (χ4n) is 2.29. The van der Waals surface area contributed by atoms with E-state index in [0.717, 1.165) is 37.2 Å². The van der Waals surface area contributed by atoms with Gasteiger partial charge in [-0.1, -0.05) is 6.07 Å². The van der Waals surface area contributed by atoms with Crippen LogP contribution in [0.4, 0.5) is 5.69 Å². The Kier molecular flexibility index (Phi) is 6.69. The number of benzene rings is 1. The lowest BCUT2D eigenvalue weighted by molar-refractivity contribution is -0.120. The van der Waals surface area contributed by atoms with E-state index >= 15 is 0 Å². The molecule has 1 saturated heterocycles. The Labute approximate surface area is 125 Å². The van der Waals surface area contributed by atoms with Crippen LogP contribution in [-0.4, -0.2) is 25.3 Å². The summed E-state index contributed by atoms with van der Waals surface area (Å²) in [5.41, 5.74) is 2.11. The molecule has 0 spiro atoms. The summed E-state index contributed by atoms with van der Waals surface area (Å²) in [6, 6.07) is 6.06. The quantitative estimate of drug-likeness (QED) is 0.843. The number of anilines is 1. The first kappa shape index (κ1) is 16.3. The average molecular weight is 301 g/mol. The molecule has 0 atom stereocenters. The van der Waals surface area contributed by atoms with Crippen LogP contribution in [0.3, 0.4) is 0 Å². The van der Waals surface area contributed by atoms with Crippen molar-refractivity contribution in [2.45, 2.75) is 24.7 Å². The minimum Gasteiger partial charge on any atom is -0.326 e. The normalized spacial score (nSPS) is 15.7. The van der Waals surface area contributed by atoms with Crippen molar-refractivity contribution in [1.82, 2.24) is 5.32 Å². The zero-order valence-electron chi connectivity index (χ0n) is 11.4. The number of nitrogens with one attached hydrogen (secondary N) is 2. The van der Waals surface area contributed by atoms with Crippen LogP contribution in [-0.2, 0) is 4.79 Å². The number of piperidine rings is 1. The topological polar surface area (TPSA) is 41.1 Å². The van der Waals surface area contributed by atoms with E-state index in [1.807, 2.05) is 12.1 Å². The van der Waals surface area contributed by atoms with Crippen molar-refractivity contribution in [3.8, 4) is 0 Å². The van der Waals surface area contributed by atoms with Gasteiger partial charge in [-0.25, -0.2) is 0 Å². The molecule has 0 saturated carbocycles. The molecule has 2 N–H and O–H groups in total. The zero-order valence-corrected chi connectivity index (χ0v) is 13.0. The number of carbonyl (C=O) groups excluding carboxylic acids is 1. The number of halogens is 1. The van der Waals surface area contributed by atoms with Crippen molar-refractivity contribution in [2.24, 2.45) is 5.92 Å². The lowest BCUT2D eigenvalue weighted by Gasteiger charge is -2.22. The minimum atomic E-state index is 0. The number of rotatable bonds is 3. The fourth-order valence-corrected chi connectivity index (χ4v) is 2.92. The van der Waals surface area contributed by atoms with Gasteiger partial charge in [0.1, 0.15) is 0 Å². The number of hydrogen-bond donors (Lipinski definition) is 2. The van der Waals surface area contributed by atoms with Gasteiger partial charge in [0.05, 0.1) is 0 Å². The van der Waals surface area contributed by atoms with Gasteiger partial charge < -0.3 is 10.6 Å². The van der Waals surface area contributed by atoms with Crippen molar-refractivity contribution in [3.05, 3.63) is 23.8 Å². The van der Waals surface area contributed by atoms with Gasteiger partial charge in [-0.05, 0) is 56.8 Å². The molecule has 106 valence electrons. The maximum atomic E-state index is 12.2. The molecule has 1 aliphatic heterocycles. The smallest absolute Gasteiger partial charge is 0.227 e. The average Bonchev–Trinajstić information content (AvgIpc) is 2.42. The number of carbonyl (C=O) groups is 1. The largest absolute Gasteiger partial charge is 0.326 e. The molecule has 0 bridgehead atoms. The molecule has 1 aliphatic rings. The Bertz CT molecular complexity index is 433. The van der Waals surface area contributed by atoms with E-state index in [4.69, 9.17) is 0 Å². The lowest BCUT2D eigenvalue weighted by atomic mass is 9.97. The predicted octanol–water partition coefficient (Wildman–Crippen LogP) is 3.08. The second-order valence-corrected chi connectivity index (χ2v) is 5.49. The van der Waals surface area contributed by atoms with Gasteiger partial charge in [0.25, 0.3) is 0 Å². The first-order valence-electron chi connectivity index (χ1n) is 6.37. The second kappa shape index (κ2) is 7.78. The van der Waals surface area contributed by atoms with Gasteiger partial charge in [-0.15, -0.1) is 24.2 Å². The molecular formula is C14H21ClN2OS. The lowest BCUT2D eigenvalue weighted by Crippen LogP contribution is -2.34. The van der Waals surface area contributed by atoms with E-state index in [9.17, 15) is 4.79 Å². The molecule has 5 heteroatoms. The van der Waals surface area contributed by atoms with Gasteiger partial charge in [0.2, 0.25) is 5.91 Å². The van der Waals surface area contributed by atoms with Crippen LogP contribution in [0, 0.1) is 12.8 Å². The molecule has 19 heavy (non-hydrogen) atoms. The van der Waals surface area contributed by atoms with Crippen molar-refractivity contribution in [3.63, 3.8) is 0 Å². The van der Waals surface area contributed by atoms with Crippen LogP contribution < -0.4 is 10.6 Å². The van der Waals surface area contributed by atoms with Crippen LogP contribution in [0.5, 0.6) is 0 Å². The first-order valence-corrected chi connectivity index (χ1v) is 7.60. The van der Waals surface area contributed by atoms with Crippen LogP contribution >= 0.6 is 24.2 Å². The molecule has 0 aliphatic carbocycles. The van der Waals surface area contributed by atoms with E-state index in [0.29, 0.717) is 0 Å². The van der Waals surface area contributed by atoms with Crippen molar-refractivity contribution < 1.29 is 4.79 Å². The standard InChI is InChI=1S/C14H20N2OS.ClH/c1-10-12(4-3-5-13(10)18-2)16-14(17)11-6-8-15-9-7-11;/h3-5,11,15H,6-9H2,1-2H3,(H,16,17);1H. The summed E-state index contributed by atoms with van der Waals surface area (Å²) < 4.78 is 0. The Morgan fingerprint density at radius 1 is 1.37 bits per heavy atom. The van der Waals surface area contributed by atoms with Gasteiger partial charge in [-0.2, -0.15) is 0 Å². The summed E-state index contributed by atoms with van der Waals surface area (Å²) in [6.07, 6.45) is 3.93. The Balaban J connectivity index is 0.00000180. The molecule has 2 rings (SSSR count). The first-order chi connectivity index (χ1) is 8.72. The number of amides is 1. The van der Waals surface area contributed by atoms with Gasteiger partial charge in [-0.3, -0.25) is 4.79 Å². The molecule has 1 fully saturated rings. The molecule has 0 unspecified atom stereocenters. The molecule has 1 aromatic carbocycles. The molecular weight excluding hydrogens is 280 g/mol. The van der Waals surface area contributed by atoms with Gasteiger partial charge >= 0.3 is 0 Å². The maximum Gasteiger partial charge on any atom is 0.227 e. The third kappa shape index (κ3) is 4.13. The highest BCUT2D eigenvalue weighted by molar-refractivity contribution is 7.98. The molecule has 1 amide bonds. The monoisotopic (exact) mass is 300 g/mol. The summed E-state index contributed by atoms with van der Waals surface area (Å²) in [7, 11) is 0.